The second-order valence-corrected chi connectivity index (χ2v) is 6.79. The second-order valence-electron chi connectivity index (χ2n) is 5.38. The molecule has 0 aliphatic carbocycles. The molecule has 2 N–H and O–H groups in total. The van der Waals surface area contributed by atoms with E-state index >= 15 is 0 Å². The summed E-state index contributed by atoms with van der Waals surface area (Å²) < 4.78 is 0. The third-order valence-corrected chi connectivity index (χ3v) is 5.09. The summed E-state index contributed by atoms with van der Waals surface area (Å²) >= 11 is 2.07. The van der Waals surface area contributed by atoms with Crippen molar-refractivity contribution < 1.29 is 0 Å². The van der Waals surface area contributed by atoms with Crippen LogP contribution in [-0.2, 0) is 0 Å². The molecule has 106 valence electrons. The average Bonchev–Trinajstić information content (AvgIpc) is 2.37. The Hall–Kier alpha value is 0.350. The maximum Gasteiger partial charge on any atom is 0.191 e. The van der Waals surface area contributed by atoms with Gasteiger partial charge in [0, 0.05) is 18.3 Å². The van der Waals surface area contributed by atoms with E-state index in [1.807, 2.05) is 0 Å². The van der Waals surface area contributed by atoms with Crippen molar-refractivity contribution in [2.75, 3.05) is 25.4 Å². The zero-order chi connectivity index (χ0) is 12.1. The van der Waals surface area contributed by atoms with Crippen LogP contribution in [-0.4, -0.2) is 41.5 Å². The third kappa shape index (κ3) is 5.15. The topological polar surface area (TPSA) is 41.6 Å². The fourth-order valence-corrected chi connectivity index (χ4v) is 3.86. The van der Waals surface area contributed by atoms with Gasteiger partial charge in [-0.15, -0.1) is 24.0 Å². The largest absolute Gasteiger partial charge is 0.370 e. The maximum atomic E-state index is 6.09. The van der Waals surface area contributed by atoms with Crippen LogP contribution in [0.4, 0.5) is 0 Å². The van der Waals surface area contributed by atoms with Gasteiger partial charge in [-0.05, 0) is 37.4 Å². The van der Waals surface area contributed by atoms with Crippen molar-refractivity contribution in [3.05, 3.63) is 0 Å². The summed E-state index contributed by atoms with van der Waals surface area (Å²) in [6.45, 7) is 5.41. The summed E-state index contributed by atoms with van der Waals surface area (Å²) in [6.07, 6.45) is 6.66. The fraction of sp³-hybridized carbons (Fsp3) is 0.923. The number of rotatable bonds is 2. The smallest absolute Gasteiger partial charge is 0.191 e. The van der Waals surface area contributed by atoms with E-state index in [1.54, 1.807) is 0 Å². The molecule has 2 rings (SSSR count). The number of guanidine groups is 1. The number of piperidine rings is 1. The number of hydrogen-bond donors (Lipinski definition) is 1. The summed E-state index contributed by atoms with van der Waals surface area (Å²) in [5, 5.41) is 0.713. The van der Waals surface area contributed by atoms with Crippen LogP contribution in [0.3, 0.4) is 0 Å². The molecule has 3 nitrogen and oxygen atoms in total. The Balaban J connectivity index is 0.00000162. The molecule has 0 aromatic carbocycles. The fourth-order valence-electron chi connectivity index (χ4n) is 2.64. The van der Waals surface area contributed by atoms with Crippen LogP contribution in [0.25, 0.3) is 0 Å². The predicted molar refractivity (Wildman–Crippen MR) is 92.0 cm³/mol. The molecule has 0 aromatic rings. The van der Waals surface area contributed by atoms with E-state index in [0.29, 0.717) is 5.25 Å². The normalized spacial score (nSPS) is 29.8. The molecule has 2 unspecified atom stereocenters. The average molecular weight is 383 g/mol. The highest BCUT2D eigenvalue weighted by atomic mass is 127. The Morgan fingerprint density at radius 1 is 1.33 bits per heavy atom. The second kappa shape index (κ2) is 8.51. The maximum absolute atomic E-state index is 6.09. The Labute approximate surface area is 132 Å². The van der Waals surface area contributed by atoms with Gasteiger partial charge in [0.1, 0.15) is 0 Å². The van der Waals surface area contributed by atoms with E-state index in [9.17, 15) is 0 Å². The van der Waals surface area contributed by atoms with E-state index in [4.69, 9.17) is 5.73 Å². The summed E-state index contributed by atoms with van der Waals surface area (Å²) in [5.41, 5.74) is 6.09. The van der Waals surface area contributed by atoms with Gasteiger partial charge in [-0.25, -0.2) is 0 Å². The van der Waals surface area contributed by atoms with Gasteiger partial charge in [0.15, 0.2) is 5.96 Å². The van der Waals surface area contributed by atoms with Crippen molar-refractivity contribution in [1.29, 1.82) is 0 Å². The lowest BCUT2D eigenvalue weighted by Gasteiger charge is -2.32. The highest BCUT2D eigenvalue weighted by Gasteiger charge is 2.18. The van der Waals surface area contributed by atoms with Crippen molar-refractivity contribution in [2.45, 2.75) is 44.3 Å². The molecule has 2 heterocycles. The first-order valence-electron chi connectivity index (χ1n) is 6.92. The Morgan fingerprint density at radius 3 is 2.83 bits per heavy atom. The minimum atomic E-state index is 0. The monoisotopic (exact) mass is 383 g/mol. The van der Waals surface area contributed by atoms with Gasteiger partial charge in [-0.2, -0.15) is 11.8 Å². The summed E-state index contributed by atoms with van der Waals surface area (Å²) in [7, 11) is 0. The molecule has 2 atom stereocenters. The van der Waals surface area contributed by atoms with Gasteiger partial charge in [0.2, 0.25) is 0 Å². The van der Waals surface area contributed by atoms with Crippen molar-refractivity contribution in [2.24, 2.45) is 16.6 Å². The molecule has 5 heteroatoms. The first-order valence-corrected chi connectivity index (χ1v) is 7.97. The Bertz CT molecular complexity index is 267. The van der Waals surface area contributed by atoms with Crippen LogP contribution in [0.5, 0.6) is 0 Å². The van der Waals surface area contributed by atoms with Crippen molar-refractivity contribution in [1.82, 2.24) is 4.90 Å². The van der Waals surface area contributed by atoms with Gasteiger partial charge >= 0.3 is 0 Å². The Morgan fingerprint density at radius 2 is 2.17 bits per heavy atom. The van der Waals surface area contributed by atoms with Crippen LogP contribution in [0.2, 0.25) is 0 Å². The molecule has 0 bridgehead atoms. The van der Waals surface area contributed by atoms with Crippen LogP contribution in [0.1, 0.15) is 39.0 Å². The van der Waals surface area contributed by atoms with E-state index < -0.39 is 0 Å². The molecule has 0 saturated carbocycles. The SMILES string of the molecule is CC1CCCN(C(N)=NCC2CCCCS2)C1.I. The summed E-state index contributed by atoms with van der Waals surface area (Å²) in [4.78, 5) is 6.87. The summed E-state index contributed by atoms with van der Waals surface area (Å²) in [6, 6.07) is 0. The van der Waals surface area contributed by atoms with Crippen molar-refractivity contribution in [3.63, 3.8) is 0 Å². The van der Waals surface area contributed by atoms with Crippen molar-refractivity contribution >= 4 is 41.7 Å². The number of nitrogens with two attached hydrogens (primary N) is 1. The Kier molecular flexibility index (Phi) is 7.75. The third-order valence-electron chi connectivity index (χ3n) is 3.71. The van der Waals surface area contributed by atoms with E-state index in [1.165, 1.54) is 37.9 Å². The van der Waals surface area contributed by atoms with Crippen LogP contribution >= 0.6 is 35.7 Å². The quantitative estimate of drug-likeness (QED) is 0.453. The lowest BCUT2D eigenvalue weighted by Crippen LogP contribution is -2.43. The number of hydrogen-bond acceptors (Lipinski definition) is 2. The van der Waals surface area contributed by atoms with Gasteiger partial charge in [0.25, 0.3) is 0 Å². The molecular weight excluding hydrogens is 357 g/mol. The molecule has 0 spiro atoms. The highest BCUT2D eigenvalue weighted by molar-refractivity contribution is 14.0. The zero-order valence-electron chi connectivity index (χ0n) is 11.3. The van der Waals surface area contributed by atoms with Crippen LogP contribution in [0.15, 0.2) is 4.99 Å². The molecule has 18 heavy (non-hydrogen) atoms. The number of nitrogens with zero attached hydrogens (tertiary/aromatic N) is 2. The molecule has 0 amide bonds. The molecule has 2 aliphatic rings. The van der Waals surface area contributed by atoms with E-state index in [2.05, 4.69) is 28.6 Å². The summed E-state index contributed by atoms with van der Waals surface area (Å²) in [5.74, 6) is 2.85. The first-order chi connectivity index (χ1) is 8.25. The highest BCUT2D eigenvalue weighted by Crippen LogP contribution is 2.25. The number of halogens is 1. The number of thioether (sulfide) groups is 1. The zero-order valence-corrected chi connectivity index (χ0v) is 14.5. The van der Waals surface area contributed by atoms with Crippen LogP contribution < -0.4 is 5.73 Å². The van der Waals surface area contributed by atoms with Gasteiger partial charge in [0.05, 0.1) is 6.54 Å². The lowest BCUT2D eigenvalue weighted by molar-refractivity contribution is 0.270. The molecule has 2 fully saturated rings. The minimum Gasteiger partial charge on any atom is -0.370 e. The van der Waals surface area contributed by atoms with Crippen LogP contribution in [0, 0.1) is 5.92 Å². The van der Waals surface area contributed by atoms with Gasteiger partial charge in [-0.1, -0.05) is 13.3 Å². The molecule has 0 aromatic heterocycles. The lowest BCUT2D eigenvalue weighted by atomic mass is 10.0. The molecule has 0 radical (unpaired) electrons. The molecule has 2 saturated heterocycles. The minimum absolute atomic E-state index is 0. The van der Waals surface area contributed by atoms with Gasteiger partial charge in [-0.3, -0.25) is 4.99 Å². The van der Waals surface area contributed by atoms with Crippen molar-refractivity contribution in [3.8, 4) is 0 Å². The number of likely N-dealkylation sites (tertiary alicyclic amines) is 1. The van der Waals surface area contributed by atoms with E-state index in [-0.39, 0.29) is 24.0 Å². The molecular formula is C13H26IN3S. The predicted octanol–water partition coefficient (Wildman–Crippen LogP) is 2.94. The standard InChI is InChI=1S/C13H25N3S.HI/c1-11-5-4-7-16(10-11)13(14)15-9-12-6-2-3-8-17-12;/h11-12H,2-10H2,1H3,(H2,14,15);1H. The van der Waals surface area contributed by atoms with E-state index in [0.717, 1.165) is 31.5 Å². The van der Waals surface area contributed by atoms with Gasteiger partial charge < -0.3 is 10.6 Å². The first kappa shape index (κ1) is 16.4. The number of aliphatic imine (C=N–C) groups is 1. The molecule has 2 aliphatic heterocycles.